The van der Waals surface area contributed by atoms with Crippen molar-refractivity contribution >= 4 is 57.3 Å². The van der Waals surface area contributed by atoms with Crippen LogP contribution in [0.3, 0.4) is 0 Å². The highest BCUT2D eigenvalue weighted by Gasteiger charge is 2.09. The van der Waals surface area contributed by atoms with Crippen LogP contribution in [0.25, 0.3) is 17.3 Å². The molecule has 1 heterocycles. The predicted molar refractivity (Wildman–Crippen MR) is 108 cm³/mol. The molecule has 0 atom stereocenters. The average Bonchev–Trinajstić information content (AvgIpc) is 3.09. The summed E-state index contributed by atoms with van der Waals surface area (Å²) in [4.78, 5) is 26.6. The zero-order valence-electron chi connectivity index (χ0n) is 13.6. The SMILES string of the molecule is O=C(C=Cc1c(Cl)cccc1Cl)Nc1nc(-c2ccc([N+](=O)[O-])cc2)cs1. The summed E-state index contributed by atoms with van der Waals surface area (Å²) in [6.45, 7) is 0. The van der Waals surface area contributed by atoms with Gasteiger partial charge in [0.15, 0.2) is 5.13 Å². The summed E-state index contributed by atoms with van der Waals surface area (Å²) in [5.41, 5.74) is 1.90. The van der Waals surface area contributed by atoms with Crippen molar-refractivity contribution in [3.8, 4) is 11.3 Å². The maximum atomic E-state index is 12.1. The molecule has 27 heavy (non-hydrogen) atoms. The van der Waals surface area contributed by atoms with Gasteiger partial charge in [0.05, 0.1) is 10.6 Å². The van der Waals surface area contributed by atoms with Crippen molar-refractivity contribution in [1.82, 2.24) is 4.98 Å². The lowest BCUT2D eigenvalue weighted by molar-refractivity contribution is -0.384. The van der Waals surface area contributed by atoms with Crippen molar-refractivity contribution in [3.05, 3.63) is 79.6 Å². The molecule has 0 aliphatic heterocycles. The van der Waals surface area contributed by atoms with E-state index in [-0.39, 0.29) is 11.6 Å². The molecule has 1 amide bonds. The van der Waals surface area contributed by atoms with Crippen LogP contribution >= 0.6 is 34.5 Å². The Labute approximate surface area is 168 Å². The minimum Gasteiger partial charge on any atom is -0.298 e. The van der Waals surface area contributed by atoms with Crippen LogP contribution < -0.4 is 5.32 Å². The number of halogens is 2. The summed E-state index contributed by atoms with van der Waals surface area (Å²) in [6, 6.07) is 11.1. The number of carbonyl (C=O) groups is 1. The number of non-ortho nitro benzene ring substituents is 1. The van der Waals surface area contributed by atoms with E-state index >= 15 is 0 Å². The number of amides is 1. The Bertz CT molecular complexity index is 1010. The monoisotopic (exact) mass is 419 g/mol. The van der Waals surface area contributed by atoms with E-state index in [1.165, 1.54) is 35.6 Å². The summed E-state index contributed by atoms with van der Waals surface area (Å²) >= 11 is 13.4. The first-order valence-electron chi connectivity index (χ1n) is 7.57. The number of hydrogen-bond acceptors (Lipinski definition) is 5. The van der Waals surface area contributed by atoms with E-state index in [1.807, 2.05) is 0 Å². The number of carbonyl (C=O) groups excluding carboxylic acids is 1. The topological polar surface area (TPSA) is 85.1 Å². The van der Waals surface area contributed by atoms with Crippen LogP contribution in [0, 0.1) is 10.1 Å². The van der Waals surface area contributed by atoms with Crippen molar-refractivity contribution in [2.45, 2.75) is 0 Å². The number of nitro groups is 1. The highest BCUT2D eigenvalue weighted by Crippen LogP contribution is 2.27. The van der Waals surface area contributed by atoms with Crippen LogP contribution in [-0.2, 0) is 4.79 Å². The van der Waals surface area contributed by atoms with Crippen LogP contribution in [-0.4, -0.2) is 15.8 Å². The molecule has 0 aliphatic rings. The molecular formula is C18H11Cl2N3O3S. The fraction of sp³-hybridized carbons (Fsp3) is 0. The van der Waals surface area contributed by atoms with Gasteiger partial charge in [-0.05, 0) is 30.3 Å². The van der Waals surface area contributed by atoms with E-state index in [4.69, 9.17) is 23.2 Å². The summed E-state index contributed by atoms with van der Waals surface area (Å²) in [6.07, 6.45) is 2.85. The first kappa shape index (κ1) is 19.0. The number of nitro benzene ring substituents is 1. The number of anilines is 1. The van der Waals surface area contributed by atoms with Crippen LogP contribution in [0.15, 0.2) is 53.9 Å². The van der Waals surface area contributed by atoms with Gasteiger partial charge in [0.25, 0.3) is 5.69 Å². The lowest BCUT2D eigenvalue weighted by Gasteiger charge is -2.01. The molecule has 0 spiro atoms. The van der Waals surface area contributed by atoms with Crippen LogP contribution in [0.5, 0.6) is 0 Å². The molecule has 6 nitrogen and oxygen atoms in total. The van der Waals surface area contributed by atoms with Gasteiger partial charge >= 0.3 is 0 Å². The van der Waals surface area contributed by atoms with Gasteiger partial charge in [-0.15, -0.1) is 11.3 Å². The van der Waals surface area contributed by atoms with Gasteiger partial charge < -0.3 is 0 Å². The molecule has 136 valence electrons. The van der Waals surface area contributed by atoms with Crippen molar-refractivity contribution in [2.75, 3.05) is 5.32 Å². The van der Waals surface area contributed by atoms with E-state index < -0.39 is 4.92 Å². The van der Waals surface area contributed by atoms with Gasteiger partial charge in [0.1, 0.15) is 0 Å². The van der Waals surface area contributed by atoms with Gasteiger partial charge in [-0.1, -0.05) is 29.3 Å². The second-order valence-corrected chi connectivity index (χ2v) is 6.97. The molecule has 0 aliphatic carbocycles. The first-order valence-corrected chi connectivity index (χ1v) is 9.21. The highest BCUT2D eigenvalue weighted by molar-refractivity contribution is 7.14. The maximum Gasteiger partial charge on any atom is 0.269 e. The molecule has 1 aromatic heterocycles. The van der Waals surface area contributed by atoms with Crippen molar-refractivity contribution in [2.24, 2.45) is 0 Å². The Morgan fingerprint density at radius 3 is 2.44 bits per heavy atom. The van der Waals surface area contributed by atoms with Gasteiger partial charge in [0, 0.05) is 44.8 Å². The Balaban J connectivity index is 1.69. The Morgan fingerprint density at radius 2 is 1.81 bits per heavy atom. The third-order valence-corrected chi connectivity index (χ3v) is 4.93. The summed E-state index contributed by atoms with van der Waals surface area (Å²) in [7, 11) is 0. The molecule has 3 aromatic rings. The Hall–Kier alpha value is -2.74. The van der Waals surface area contributed by atoms with Crippen molar-refractivity contribution in [3.63, 3.8) is 0 Å². The smallest absolute Gasteiger partial charge is 0.269 e. The molecule has 0 radical (unpaired) electrons. The molecule has 0 unspecified atom stereocenters. The van der Waals surface area contributed by atoms with E-state index in [0.717, 1.165) is 5.56 Å². The molecular weight excluding hydrogens is 409 g/mol. The van der Waals surface area contributed by atoms with Crippen LogP contribution in [0.1, 0.15) is 5.56 Å². The minimum absolute atomic E-state index is 0.00544. The molecule has 0 saturated carbocycles. The first-order chi connectivity index (χ1) is 12.9. The molecule has 0 fully saturated rings. The molecule has 0 saturated heterocycles. The largest absolute Gasteiger partial charge is 0.298 e. The lowest BCUT2D eigenvalue weighted by Crippen LogP contribution is -2.07. The Kier molecular flexibility index (Phi) is 5.85. The number of hydrogen-bond donors (Lipinski definition) is 1. The van der Waals surface area contributed by atoms with Gasteiger partial charge in [-0.2, -0.15) is 0 Å². The summed E-state index contributed by atoms with van der Waals surface area (Å²) in [5, 5.41) is 16.4. The second-order valence-electron chi connectivity index (χ2n) is 5.30. The summed E-state index contributed by atoms with van der Waals surface area (Å²) < 4.78 is 0. The molecule has 1 N–H and O–H groups in total. The quantitative estimate of drug-likeness (QED) is 0.327. The average molecular weight is 420 g/mol. The van der Waals surface area contributed by atoms with Crippen LogP contribution in [0.4, 0.5) is 10.8 Å². The molecule has 2 aromatic carbocycles. The van der Waals surface area contributed by atoms with Gasteiger partial charge in [-0.25, -0.2) is 4.98 Å². The summed E-state index contributed by atoms with van der Waals surface area (Å²) in [5.74, 6) is -0.379. The molecule has 3 rings (SSSR count). The number of aromatic nitrogens is 1. The number of benzene rings is 2. The van der Waals surface area contributed by atoms with Crippen molar-refractivity contribution < 1.29 is 9.72 Å². The number of nitrogens with zero attached hydrogens (tertiary/aromatic N) is 2. The third kappa shape index (κ3) is 4.71. The normalized spacial score (nSPS) is 10.9. The third-order valence-electron chi connectivity index (χ3n) is 3.51. The van der Waals surface area contributed by atoms with Gasteiger partial charge in [-0.3, -0.25) is 20.2 Å². The Morgan fingerprint density at radius 1 is 1.15 bits per heavy atom. The number of thiazole rings is 1. The molecule has 0 bridgehead atoms. The lowest BCUT2D eigenvalue weighted by atomic mass is 10.1. The van der Waals surface area contributed by atoms with Crippen molar-refractivity contribution in [1.29, 1.82) is 0 Å². The fourth-order valence-electron chi connectivity index (χ4n) is 2.19. The van der Waals surface area contributed by atoms with E-state index in [2.05, 4.69) is 10.3 Å². The maximum absolute atomic E-state index is 12.1. The van der Waals surface area contributed by atoms with E-state index in [0.29, 0.717) is 26.4 Å². The minimum atomic E-state index is -0.464. The molecule has 9 heteroatoms. The van der Waals surface area contributed by atoms with E-state index in [1.54, 1.807) is 35.7 Å². The van der Waals surface area contributed by atoms with Crippen LogP contribution in [0.2, 0.25) is 10.0 Å². The van der Waals surface area contributed by atoms with Gasteiger partial charge in [0.2, 0.25) is 5.91 Å². The number of rotatable bonds is 5. The number of nitrogens with one attached hydrogen (secondary N) is 1. The fourth-order valence-corrected chi connectivity index (χ4v) is 3.44. The zero-order chi connectivity index (χ0) is 19.4. The van der Waals surface area contributed by atoms with E-state index in [9.17, 15) is 14.9 Å². The highest BCUT2D eigenvalue weighted by atomic mass is 35.5. The predicted octanol–water partition coefficient (Wildman–Crippen LogP) is 5.68. The standard InChI is InChI=1S/C18H11Cl2N3O3S/c19-14-2-1-3-15(20)13(14)8-9-17(24)22-18-21-16(10-27-18)11-4-6-12(7-5-11)23(25)26/h1-10H,(H,21,22,24). The zero-order valence-corrected chi connectivity index (χ0v) is 15.9. The second kappa shape index (κ2) is 8.30.